The van der Waals surface area contributed by atoms with Gasteiger partial charge in [0.25, 0.3) is 0 Å². The van der Waals surface area contributed by atoms with Crippen molar-refractivity contribution in [2.75, 3.05) is 19.0 Å². The van der Waals surface area contributed by atoms with Crippen molar-refractivity contribution >= 4 is 16.9 Å². The normalized spacial score (nSPS) is 12.6. The molecule has 0 aliphatic heterocycles. The number of ether oxygens (including phenoxy) is 1. The average molecular weight is 217 g/mol. The topological polar surface area (TPSA) is 47.0 Å². The second kappa shape index (κ2) is 4.90. The van der Waals surface area contributed by atoms with E-state index in [1.165, 1.54) is 0 Å². The first kappa shape index (κ1) is 10.8. The summed E-state index contributed by atoms with van der Waals surface area (Å²) in [5.74, 6) is 0.781. The third-order valence-corrected chi connectivity index (χ3v) is 2.26. The van der Waals surface area contributed by atoms with Gasteiger partial charge in [0.2, 0.25) is 0 Å². The Morgan fingerprint density at radius 1 is 1.31 bits per heavy atom. The highest BCUT2D eigenvalue weighted by molar-refractivity contribution is 5.75. The van der Waals surface area contributed by atoms with Gasteiger partial charge in [0, 0.05) is 13.2 Å². The minimum absolute atomic E-state index is 0.223. The highest BCUT2D eigenvalue weighted by Gasteiger charge is 2.03. The van der Waals surface area contributed by atoms with Crippen LogP contribution in [0.25, 0.3) is 11.0 Å². The lowest BCUT2D eigenvalue weighted by Gasteiger charge is -2.13. The molecule has 0 aliphatic rings. The van der Waals surface area contributed by atoms with Gasteiger partial charge in [-0.05, 0) is 19.1 Å². The summed E-state index contributed by atoms with van der Waals surface area (Å²) >= 11 is 0. The minimum atomic E-state index is 0.223. The van der Waals surface area contributed by atoms with E-state index in [1.807, 2.05) is 31.2 Å². The van der Waals surface area contributed by atoms with Crippen LogP contribution in [0.5, 0.6) is 0 Å². The molecule has 4 nitrogen and oxygen atoms in total. The van der Waals surface area contributed by atoms with Crippen LogP contribution in [0.1, 0.15) is 6.92 Å². The number of nitrogens with one attached hydrogen (secondary N) is 1. The van der Waals surface area contributed by atoms with Gasteiger partial charge in [-0.2, -0.15) is 0 Å². The molecule has 1 N–H and O–H groups in total. The van der Waals surface area contributed by atoms with Gasteiger partial charge in [0.05, 0.1) is 23.8 Å². The van der Waals surface area contributed by atoms with Crippen LogP contribution in [0.3, 0.4) is 0 Å². The fourth-order valence-electron chi connectivity index (χ4n) is 1.57. The lowest BCUT2D eigenvalue weighted by molar-refractivity contribution is 0.190. The number of fused-ring (bicyclic) bond motifs is 1. The summed E-state index contributed by atoms with van der Waals surface area (Å²) in [6.45, 7) is 2.69. The monoisotopic (exact) mass is 217 g/mol. The number of methoxy groups -OCH3 is 1. The van der Waals surface area contributed by atoms with Crippen molar-refractivity contribution in [3.8, 4) is 0 Å². The van der Waals surface area contributed by atoms with Crippen molar-refractivity contribution in [2.45, 2.75) is 13.0 Å². The Morgan fingerprint density at radius 3 is 2.81 bits per heavy atom. The van der Waals surface area contributed by atoms with Gasteiger partial charge in [-0.1, -0.05) is 12.1 Å². The van der Waals surface area contributed by atoms with E-state index in [1.54, 1.807) is 13.3 Å². The molecule has 0 bridgehead atoms. The molecule has 0 amide bonds. The first-order valence-electron chi connectivity index (χ1n) is 5.27. The number of aromatic nitrogens is 2. The second-order valence-electron chi connectivity index (χ2n) is 3.74. The minimum Gasteiger partial charge on any atom is -0.383 e. The number of hydrogen-bond donors (Lipinski definition) is 1. The summed E-state index contributed by atoms with van der Waals surface area (Å²) in [6, 6.07) is 8.04. The highest BCUT2D eigenvalue weighted by atomic mass is 16.5. The summed E-state index contributed by atoms with van der Waals surface area (Å²) in [4.78, 5) is 8.80. The maximum absolute atomic E-state index is 5.05. The standard InChI is InChI=1S/C12H15N3O/c1-9(8-16-2)14-12-7-13-10-5-3-4-6-11(10)15-12/h3-7,9H,8H2,1-2H3,(H,14,15). The van der Waals surface area contributed by atoms with Crippen molar-refractivity contribution in [2.24, 2.45) is 0 Å². The maximum Gasteiger partial charge on any atom is 0.145 e. The second-order valence-corrected chi connectivity index (χ2v) is 3.74. The van der Waals surface area contributed by atoms with Crippen molar-refractivity contribution in [3.63, 3.8) is 0 Å². The highest BCUT2D eigenvalue weighted by Crippen LogP contribution is 2.11. The lowest BCUT2D eigenvalue weighted by atomic mass is 10.3. The molecule has 1 aromatic heterocycles. The molecule has 1 atom stereocenters. The fourth-order valence-corrected chi connectivity index (χ4v) is 1.57. The van der Waals surface area contributed by atoms with E-state index in [0.29, 0.717) is 6.61 Å². The van der Waals surface area contributed by atoms with Gasteiger partial charge >= 0.3 is 0 Å². The summed E-state index contributed by atoms with van der Waals surface area (Å²) in [5.41, 5.74) is 1.81. The van der Waals surface area contributed by atoms with E-state index < -0.39 is 0 Å². The van der Waals surface area contributed by atoms with Crippen molar-refractivity contribution in [1.29, 1.82) is 0 Å². The Morgan fingerprint density at radius 2 is 2.06 bits per heavy atom. The number of para-hydroxylation sites is 2. The zero-order valence-electron chi connectivity index (χ0n) is 9.47. The van der Waals surface area contributed by atoms with Crippen molar-refractivity contribution < 1.29 is 4.74 Å². The molecule has 0 saturated heterocycles. The summed E-state index contributed by atoms with van der Waals surface area (Å²) in [5, 5.41) is 3.24. The molecule has 1 heterocycles. The summed E-state index contributed by atoms with van der Waals surface area (Å²) in [6.07, 6.45) is 1.74. The molecule has 2 aromatic rings. The number of benzene rings is 1. The molecule has 0 radical (unpaired) electrons. The molecule has 0 spiro atoms. The SMILES string of the molecule is COCC(C)Nc1cnc2ccccc2n1. The van der Waals surface area contributed by atoms with Gasteiger partial charge in [0.15, 0.2) is 0 Å². The van der Waals surface area contributed by atoms with Crippen LogP contribution in [0.2, 0.25) is 0 Å². The van der Waals surface area contributed by atoms with E-state index >= 15 is 0 Å². The first-order chi connectivity index (χ1) is 7.79. The van der Waals surface area contributed by atoms with Gasteiger partial charge in [-0.3, -0.25) is 4.98 Å². The van der Waals surface area contributed by atoms with Crippen molar-refractivity contribution in [1.82, 2.24) is 9.97 Å². The fraction of sp³-hybridized carbons (Fsp3) is 0.333. The van der Waals surface area contributed by atoms with Crippen LogP contribution in [0.15, 0.2) is 30.5 Å². The molecule has 1 aromatic carbocycles. The summed E-state index contributed by atoms with van der Waals surface area (Å²) < 4.78 is 5.05. The molecule has 16 heavy (non-hydrogen) atoms. The molecular weight excluding hydrogens is 202 g/mol. The molecule has 0 fully saturated rings. The largest absolute Gasteiger partial charge is 0.383 e. The van der Waals surface area contributed by atoms with E-state index in [-0.39, 0.29) is 6.04 Å². The molecule has 2 rings (SSSR count). The Bertz CT molecular complexity index is 473. The quantitative estimate of drug-likeness (QED) is 0.851. The summed E-state index contributed by atoms with van der Waals surface area (Å²) in [7, 11) is 1.68. The average Bonchev–Trinajstić information content (AvgIpc) is 2.29. The lowest BCUT2D eigenvalue weighted by Crippen LogP contribution is -2.21. The predicted octanol–water partition coefficient (Wildman–Crippen LogP) is 2.08. The number of nitrogens with zero attached hydrogens (tertiary/aromatic N) is 2. The van der Waals surface area contributed by atoms with E-state index in [4.69, 9.17) is 4.74 Å². The number of rotatable bonds is 4. The Hall–Kier alpha value is -1.68. The molecular formula is C12H15N3O. The Balaban J connectivity index is 2.19. The van der Waals surface area contributed by atoms with Crippen LogP contribution < -0.4 is 5.32 Å². The molecule has 4 heteroatoms. The maximum atomic E-state index is 5.05. The first-order valence-corrected chi connectivity index (χ1v) is 5.27. The van der Waals surface area contributed by atoms with Crippen LogP contribution in [0.4, 0.5) is 5.82 Å². The van der Waals surface area contributed by atoms with E-state index in [9.17, 15) is 0 Å². The van der Waals surface area contributed by atoms with Crippen LogP contribution in [-0.2, 0) is 4.74 Å². The van der Waals surface area contributed by atoms with Crippen LogP contribution >= 0.6 is 0 Å². The van der Waals surface area contributed by atoms with Crippen LogP contribution in [-0.4, -0.2) is 29.7 Å². The van der Waals surface area contributed by atoms with Gasteiger partial charge < -0.3 is 10.1 Å². The number of anilines is 1. The molecule has 84 valence electrons. The smallest absolute Gasteiger partial charge is 0.145 e. The van der Waals surface area contributed by atoms with E-state index in [0.717, 1.165) is 16.9 Å². The van der Waals surface area contributed by atoms with Crippen LogP contribution in [0, 0.1) is 0 Å². The van der Waals surface area contributed by atoms with E-state index in [2.05, 4.69) is 15.3 Å². The zero-order valence-corrected chi connectivity index (χ0v) is 9.47. The van der Waals surface area contributed by atoms with Gasteiger partial charge in [-0.15, -0.1) is 0 Å². The third kappa shape index (κ3) is 2.46. The van der Waals surface area contributed by atoms with Gasteiger partial charge in [0.1, 0.15) is 5.82 Å². The molecule has 0 saturated carbocycles. The van der Waals surface area contributed by atoms with Crippen molar-refractivity contribution in [3.05, 3.63) is 30.5 Å². The van der Waals surface area contributed by atoms with Gasteiger partial charge in [-0.25, -0.2) is 4.98 Å². The predicted molar refractivity (Wildman–Crippen MR) is 64.5 cm³/mol. The Kier molecular flexibility index (Phi) is 3.31. The zero-order chi connectivity index (χ0) is 11.4. The number of hydrogen-bond acceptors (Lipinski definition) is 4. The Labute approximate surface area is 94.7 Å². The third-order valence-electron chi connectivity index (χ3n) is 2.26. The molecule has 0 aliphatic carbocycles. The molecule has 1 unspecified atom stereocenters.